The summed E-state index contributed by atoms with van der Waals surface area (Å²) in [7, 11) is 0. The van der Waals surface area contributed by atoms with E-state index < -0.39 is 5.41 Å². The molecule has 0 saturated heterocycles. The molecule has 0 amide bonds. The van der Waals surface area contributed by atoms with Crippen molar-refractivity contribution in [3.8, 4) is 6.07 Å². The van der Waals surface area contributed by atoms with E-state index in [0.29, 0.717) is 24.8 Å². The highest BCUT2D eigenvalue weighted by molar-refractivity contribution is 7.18. The van der Waals surface area contributed by atoms with Crippen molar-refractivity contribution in [2.45, 2.75) is 50.4 Å². The Balaban J connectivity index is 1.74. The average Bonchev–Trinajstić information content (AvgIpc) is 3.07. The first-order chi connectivity index (χ1) is 12.7. The van der Waals surface area contributed by atoms with Crippen LogP contribution < -0.4 is 5.56 Å². The predicted octanol–water partition coefficient (Wildman–Crippen LogP) is 2.60. The number of nitriles is 1. The van der Waals surface area contributed by atoms with Crippen LogP contribution in [0.4, 0.5) is 0 Å². The Morgan fingerprint density at radius 1 is 1.15 bits per heavy atom. The molecule has 1 unspecified atom stereocenters. The number of nitrogens with one attached hydrogen (secondary N) is 1. The molecular formula is C19H17N5OS. The molecule has 3 aromatic rings. The number of hydrogen-bond donors (Lipinski definition) is 1. The molecule has 2 aliphatic carbocycles. The van der Waals surface area contributed by atoms with E-state index >= 15 is 0 Å². The SMILES string of the molecule is N#CC1(c2ncnc3sc4c(c23)CCCC4)CCc2nc[nH]c(=O)c2C1. The fourth-order valence-corrected chi connectivity index (χ4v) is 5.62. The minimum atomic E-state index is -0.795. The van der Waals surface area contributed by atoms with Gasteiger partial charge in [-0.1, -0.05) is 0 Å². The number of aromatic nitrogens is 4. The van der Waals surface area contributed by atoms with Gasteiger partial charge in [-0.25, -0.2) is 15.0 Å². The van der Waals surface area contributed by atoms with Crippen molar-refractivity contribution in [2.75, 3.05) is 0 Å². The Bertz CT molecular complexity index is 1130. The number of rotatable bonds is 1. The number of nitrogens with zero attached hydrogens (tertiary/aromatic N) is 4. The van der Waals surface area contributed by atoms with Crippen LogP contribution in [-0.2, 0) is 31.1 Å². The molecule has 0 fully saturated rings. The third-order valence-corrected chi connectivity index (χ3v) is 6.92. The molecule has 0 spiro atoms. The molecule has 0 bridgehead atoms. The summed E-state index contributed by atoms with van der Waals surface area (Å²) in [5.74, 6) is 0. The molecule has 130 valence electrons. The summed E-state index contributed by atoms with van der Waals surface area (Å²) in [4.78, 5) is 30.7. The topological polar surface area (TPSA) is 95.3 Å². The Kier molecular flexibility index (Phi) is 3.44. The van der Waals surface area contributed by atoms with Crippen molar-refractivity contribution in [1.82, 2.24) is 19.9 Å². The maximum Gasteiger partial charge on any atom is 0.254 e. The van der Waals surface area contributed by atoms with E-state index in [1.54, 1.807) is 17.7 Å². The third kappa shape index (κ3) is 2.15. The number of aromatic amines is 1. The smallest absolute Gasteiger partial charge is 0.254 e. The van der Waals surface area contributed by atoms with Gasteiger partial charge in [0, 0.05) is 22.2 Å². The van der Waals surface area contributed by atoms with E-state index in [0.717, 1.165) is 34.4 Å². The molecule has 3 heterocycles. The quantitative estimate of drug-likeness (QED) is 0.717. The maximum atomic E-state index is 12.3. The summed E-state index contributed by atoms with van der Waals surface area (Å²) in [5, 5.41) is 11.2. The van der Waals surface area contributed by atoms with Gasteiger partial charge < -0.3 is 4.98 Å². The van der Waals surface area contributed by atoms with Gasteiger partial charge in [-0.2, -0.15) is 5.26 Å². The fraction of sp³-hybridized carbons (Fsp3) is 0.421. The Morgan fingerprint density at radius 2 is 2.04 bits per heavy atom. The van der Waals surface area contributed by atoms with Crippen molar-refractivity contribution < 1.29 is 0 Å². The van der Waals surface area contributed by atoms with E-state index in [1.165, 1.54) is 29.6 Å². The molecule has 26 heavy (non-hydrogen) atoms. The molecule has 1 N–H and O–H groups in total. The second kappa shape index (κ2) is 5.71. The molecule has 0 saturated carbocycles. The number of thiophene rings is 1. The summed E-state index contributed by atoms with van der Waals surface area (Å²) in [6, 6.07) is 2.52. The van der Waals surface area contributed by atoms with Crippen LogP contribution in [0.1, 0.15) is 46.7 Å². The molecular weight excluding hydrogens is 346 g/mol. The zero-order valence-corrected chi connectivity index (χ0v) is 15.0. The highest BCUT2D eigenvalue weighted by Crippen LogP contribution is 2.43. The largest absolute Gasteiger partial charge is 0.313 e. The number of fused-ring (bicyclic) bond motifs is 4. The van der Waals surface area contributed by atoms with Crippen molar-refractivity contribution in [2.24, 2.45) is 0 Å². The van der Waals surface area contributed by atoms with E-state index in [1.807, 2.05) is 0 Å². The summed E-state index contributed by atoms with van der Waals surface area (Å²) in [5.41, 5.74) is 2.61. The molecule has 2 aliphatic rings. The van der Waals surface area contributed by atoms with E-state index in [-0.39, 0.29) is 5.56 Å². The van der Waals surface area contributed by atoms with E-state index in [9.17, 15) is 10.1 Å². The van der Waals surface area contributed by atoms with Gasteiger partial charge in [-0.3, -0.25) is 4.79 Å². The van der Waals surface area contributed by atoms with Gasteiger partial charge in [0.05, 0.1) is 23.8 Å². The van der Waals surface area contributed by atoms with Gasteiger partial charge in [0.2, 0.25) is 0 Å². The third-order valence-electron chi connectivity index (χ3n) is 5.72. The average molecular weight is 363 g/mol. The van der Waals surface area contributed by atoms with Crippen molar-refractivity contribution >= 4 is 21.6 Å². The Morgan fingerprint density at radius 3 is 2.92 bits per heavy atom. The highest BCUT2D eigenvalue weighted by Gasteiger charge is 2.41. The van der Waals surface area contributed by atoms with E-state index in [2.05, 4.69) is 26.0 Å². The van der Waals surface area contributed by atoms with Crippen LogP contribution in [0.5, 0.6) is 0 Å². The first-order valence-corrected chi connectivity index (χ1v) is 9.76. The normalized spacial score (nSPS) is 21.8. The lowest BCUT2D eigenvalue weighted by Crippen LogP contribution is -2.37. The van der Waals surface area contributed by atoms with Gasteiger partial charge in [0.15, 0.2) is 0 Å². The summed E-state index contributed by atoms with van der Waals surface area (Å²) in [6.07, 6.45) is 9.10. The van der Waals surface area contributed by atoms with Crippen molar-refractivity contribution in [1.29, 1.82) is 5.26 Å². The number of hydrogen-bond acceptors (Lipinski definition) is 6. The van der Waals surface area contributed by atoms with Gasteiger partial charge in [-0.05, 0) is 44.1 Å². The first kappa shape index (κ1) is 15.6. The lowest BCUT2D eigenvalue weighted by Gasteiger charge is -2.31. The van der Waals surface area contributed by atoms with Crippen LogP contribution in [0.15, 0.2) is 17.4 Å². The summed E-state index contributed by atoms with van der Waals surface area (Å²) >= 11 is 1.74. The minimum absolute atomic E-state index is 0.146. The lowest BCUT2D eigenvalue weighted by atomic mass is 9.70. The predicted molar refractivity (Wildman–Crippen MR) is 98.2 cm³/mol. The Hall–Kier alpha value is -2.59. The maximum absolute atomic E-state index is 12.3. The van der Waals surface area contributed by atoms with Gasteiger partial charge >= 0.3 is 0 Å². The van der Waals surface area contributed by atoms with Crippen LogP contribution >= 0.6 is 11.3 Å². The second-order valence-corrected chi connectivity index (χ2v) is 8.22. The highest BCUT2D eigenvalue weighted by atomic mass is 32.1. The van der Waals surface area contributed by atoms with Gasteiger partial charge in [0.1, 0.15) is 16.6 Å². The van der Waals surface area contributed by atoms with Crippen LogP contribution in [-0.4, -0.2) is 19.9 Å². The van der Waals surface area contributed by atoms with Gasteiger partial charge in [0.25, 0.3) is 5.56 Å². The van der Waals surface area contributed by atoms with Crippen LogP contribution in [0.2, 0.25) is 0 Å². The molecule has 3 aromatic heterocycles. The van der Waals surface area contributed by atoms with Crippen molar-refractivity contribution in [3.63, 3.8) is 0 Å². The molecule has 5 rings (SSSR count). The van der Waals surface area contributed by atoms with Crippen molar-refractivity contribution in [3.05, 3.63) is 50.4 Å². The minimum Gasteiger partial charge on any atom is -0.313 e. The zero-order chi connectivity index (χ0) is 17.7. The Labute approximate surface area is 154 Å². The van der Waals surface area contributed by atoms with E-state index in [4.69, 9.17) is 0 Å². The number of H-pyrrole nitrogens is 1. The second-order valence-electron chi connectivity index (χ2n) is 7.14. The molecule has 0 aliphatic heterocycles. The standard InChI is InChI=1S/C19H17N5OS/c20-8-19(6-5-13-12(7-19)17(25)23-9-21-13)16-15-11-3-1-2-4-14(11)26-18(15)24-10-22-16/h9-10H,1-7H2,(H,21,23,25). The zero-order valence-electron chi connectivity index (χ0n) is 14.2. The fourth-order valence-electron chi connectivity index (χ4n) is 4.39. The van der Waals surface area contributed by atoms with Crippen LogP contribution in [0, 0.1) is 11.3 Å². The lowest BCUT2D eigenvalue weighted by molar-refractivity contribution is 0.453. The first-order valence-electron chi connectivity index (χ1n) is 8.94. The molecule has 0 radical (unpaired) electrons. The van der Waals surface area contributed by atoms with Crippen LogP contribution in [0.3, 0.4) is 0 Å². The van der Waals surface area contributed by atoms with Crippen LogP contribution in [0.25, 0.3) is 10.2 Å². The monoisotopic (exact) mass is 363 g/mol. The molecule has 0 aromatic carbocycles. The molecule has 6 nitrogen and oxygen atoms in total. The summed E-state index contributed by atoms with van der Waals surface area (Å²) < 4.78 is 0. The molecule has 1 atom stereocenters. The number of aryl methyl sites for hydroxylation is 3. The molecule has 7 heteroatoms. The summed E-state index contributed by atoms with van der Waals surface area (Å²) in [6.45, 7) is 0. The van der Waals surface area contributed by atoms with Gasteiger partial charge in [-0.15, -0.1) is 11.3 Å².